The van der Waals surface area contributed by atoms with Crippen LogP contribution in [-0.4, -0.2) is 14.2 Å². The summed E-state index contributed by atoms with van der Waals surface area (Å²) in [5, 5.41) is 3.22. The van der Waals surface area contributed by atoms with Crippen LogP contribution in [0, 0.1) is 5.82 Å². The molecule has 0 aromatic heterocycles. The molecule has 0 aliphatic carbocycles. The lowest BCUT2D eigenvalue weighted by Crippen LogP contribution is -2.03. The fraction of sp³-hybridized carbons (Fsp3) is 0.200. The second-order valence-corrected chi connectivity index (χ2v) is 5.08. The van der Waals surface area contributed by atoms with Gasteiger partial charge in [-0.25, -0.2) is 4.39 Å². The molecule has 5 heteroatoms. The monoisotopic (exact) mass is 339 g/mol. The van der Waals surface area contributed by atoms with Crippen LogP contribution in [0.5, 0.6) is 11.5 Å². The number of anilines is 1. The van der Waals surface area contributed by atoms with Gasteiger partial charge in [-0.3, -0.25) is 0 Å². The Hall–Kier alpha value is -1.75. The molecule has 2 rings (SSSR count). The molecule has 0 aliphatic heterocycles. The number of hydrogen-bond donors (Lipinski definition) is 1. The first-order chi connectivity index (χ1) is 9.63. The van der Waals surface area contributed by atoms with Crippen molar-refractivity contribution in [2.75, 3.05) is 19.5 Å². The zero-order valence-electron chi connectivity index (χ0n) is 11.2. The molecule has 0 radical (unpaired) electrons. The lowest BCUT2D eigenvalue weighted by molar-refractivity contribution is 0.352. The molecule has 0 heterocycles. The van der Waals surface area contributed by atoms with E-state index in [9.17, 15) is 4.39 Å². The van der Waals surface area contributed by atoms with Gasteiger partial charge in [-0.15, -0.1) is 0 Å². The lowest BCUT2D eigenvalue weighted by atomic mass is 10.1. The number of ether oxygens (including phenoxy) is 2. The minimum atomic E-state index is -0.253. The third-order valence-electron chi connectivity index (χ3n) is 2.85. The van der Waals surface area contributed by atoms with Crippen LogP contribution in [0.3, 0.4) is 0 Å². The molecule has 0 aliphatic rings. The largest absolute Gasteiger partial charge is 0.493 e. The Morgan fingerprint density at radius 3 is 2.40 bits per heavy atom. The fourth-order valence-corrected chi connectivity index (χ4v) is 2.39. The molecule has 0 saturated carbocycles. The topological polar surface area (TPSA) is 30.5 Å². The maximum absolute atomic E-state index is 12.8. The summed E-state index contributed by atoms with van der Waals surface area (Å²) in [4.78, 5) is 0. The molecule has 2 aromatic carbocycles. The Morgan fingerprint density at radius 2 is 1.80 bits per heavy atom. The van der Waals surface area contributed by atoms with Gasteiger partial charge >= 0.3 is 0 Å². The average Bonchev–Trinajstić information content (AvgIpc) is 2.46. The zero-order valence-corrected chi connectivity index (χ0v) is 12.8. The van der Waals surface area contributed by atoms with Crippen molar-refractivity contribution in [2.45, 2.75) is 6.54 Å². The average molecular weight is 340 g/mol. The van der Waals surface area contributed by atoms with Crippen LogP contribution < -0.4 is 14.8 Å². The van der Waals surface area contributed by atoms with E-state index in [0.717, 1.165) is 15.7 Å². The minimum Gasteiger partial charge on any atom is -0.493 e. The van der Waals surface area contributed by atoms with E-state index in [1.54, 1.807) is 26.4 Å². The maximum Gasteiger partial charge on any atom is 0.165 e. The minimum absolute atomic E-state index is 0.253. The Morgan fingerprint density at radius 1 is 1.10 bits per heavy atom. The molecule has 0 spiro atoms. The van der Waals surface area contributed by atoms with Crippen LogP contribution in [0.25, 0.3) is 0 Å². The summed E-state index contributed by atoms with van der Waals surface area (Å²) in [6, 6.07) is 10.0. The SMILES string of the molecule is COc1cc(Br)cc(CNc2ccc(F)cc2)c1OC. The van der Waals surface area contributed by atoms with E-state index in [1.165, 1.54) is 12.1 Å². The Bertz CT molecular complexity index is 587. The predicted octanol–water partition coefficient (Wildman–Crippen LogP) is 4.22. The second-order valence-electron chi connectivity index (χ2n) is 4.16. The van der Waals surface area contributed by atoms with Gasteiger partial charge in [0.15, 0.2) is 11.5 Å². The molecule has 0 fully saturated rings. The fourth-order valence-electron chi connectivity index (χ4n) is 1.90. The van der Waals surface area contributed by atoms with E-state index in [1.807, 2.05) is 12.1 Å². The summed E-state index contributed by atoms with van der Waals surface area (Å²) in [6.07, 6.45) is 0. The Kier molecular flexibility index (Phi) is 4.84. The van der Waals surface area contributed by atoms with Gasteiger partial charge < -0.3 is 14.8 Å². The smallest absolute Gasteiger partial charge is 0.165 e. The highest BCUT2D eigenvalue weighted by atomic mass is 79.9. The summed E-state index contributed by atoms with van der Waals surface area (Å²) >= 11 is 3.44. The standard InChI is InChI=1S/C15H15BrFNO2/c1-19-14-8-11(16)7-10(15(14)20-2)9-18-13-5-3-12(17)4-6-13/h3-8,18H,9H2,1-2H3. The Labute approximate surface area is 125 Å². The van der Waals surface area contributed by atoms with Gasteiger partial charge in [-0.2, -0.15) is 0 Å². The summed E-state index contributed by atoms with van der Waals surface area (Å²) in [6.45, 7) is 0.546. The molecule has 106 valence electrons. The van der Waals surface area contributed by atoms with Gasteiger partial charge in [-0.1, -0.05) is 15.9 Å². The summed E-state index contributed by atoms with van der Waals surface area (Å²) in [7, 11) is 3.20. The highest BCUT2D eigenvalue weighted by Gasteiger charge is 2.11. The molecule has 0 bridgehead atoms. The van der Waals surface area contributed by atoms with Gasteiger partial charge in [0.2, 0.25) is 0 Å². The number of nitrogens with one attached hydrogen (secondary N) is 1. The summed E-state index contributed by atoms with van der Waals surface area (Å²) in [5.74, 6) is 1.10. The van der Waals surface area contributed by atoms with Crippen molar-refractivity contribution in [3.05, 3.63) is 52.3 Å². The van der Waals surface area contributed by atoms with E-state index >= 15 is 0 Å². The van der Waals surface area contributed by atoms with Crippen LogP contribution in [0.4, 0.5) is 10.1 Å². The van der Waals surface area contributed by atoms with Crippen molar-refractivity contribution in [3.8, 4) is 11.5 Å². The van der Waals surface area contributed by atoms with Crippen molar-refractivity contribution < 1.29 is 13.9 Å². The molecular formula is C15H15BrFNO2. The van der Waals surface area contributed by atoms with Crippen LogP contribution in [0.15, 0.2) is 40.9 Å². The molecule has 0 saturated heterocycles. The van der Waals surface area contributed by atoms with Gasteiger partial charge in [0.25, 0.3) is 0 Å². The van der Waals surface area contributed by atoms with Gasteiger partial charge in [0, 0.05) is 22.3 Å². The first kappa shape index (κ1) is 14.7. The zero-order chi connectivity index (χ0) is 14.5. The molecule has 3 nitrogen and oxygen atoms in total. The quantitative estimate of drug-likeness (QED) is 0.884. The van der Waals surface area contributed by atoms with Crippen LogP contribution >= 0.6 is 15.9 Å². The summed E-state index contributed by atoms with van der Waals surface area (Å²) in [5.41, 5.74) is 1.79. The van der Waals surface area contributed by atoms with E-state index < -0.39 is 0 Å². The third kappa shape index (κ3) is 3.42. The first-order valence-corrected chi connectivity index (χ1v) is 6.83. The highest BCUT2D eigenvalue weighted by molar-refractivity contribution is 9.10. The van der Waals surface area contributed by atoms with Crippen LogP contribution in [-0.2, 0) is 6.54 Å². The number of hydrogen-bond acceptors (Lipinski definition) is 3. The van der Waals surface area contributed by atoms with Gasteiger partial charge in [0.05, 0.1) is 14.2 Å². The Balaban J connectivity index is 2.20. The van der Waals surface area contributed by atoms with E-state index in [4.69, 9.17) is 9.47 Å². The molecule has 1 N–H and O–H groups in total. The van der Waals surface area contributed by atoms with Crippen LogP contribution in [0.2, 0.25) is 0 Å². The number of methoxy groups -OCH3 is 2. The van der Waals surface area contributed by atoms with E-state index in [2.05, 4.69) is 21.2 Å². The van der Waals surface area contributed by atoms with E-state index in [0.29, 0.717) is 18.0 Å². The highest BCUT2D eigenvalue weighted by Crippen LogP contribution is 2.34. The predicted molar refractivity (Wildman–Crippen MR) is 81.0 cm³/mol. The number of benzene rings is 2. The molecule has 0 unspecified atom stereocenters. The normalized spacial score (nSPS) is 10.2. The molecular weight excluding hydrogens is 325 g/mol. The second kappa shape index (κ2) is 6.61. The van der Waals surface area contributed by atoms with E-state index in [-0.39, 0.29) is 5.82 Å². The summed E-state index contributed by atoms with van der Waals surface area (Å²) < 4.78 is 24.4. The van der Waals surface area contributed by atoms with Crippen molar-refractivity contribution in [1.82, 2.24) is 0 Å². The number of rotatable bonds is 5. The molecule has 0 atom stereocenters. The molecule has 20 heavy (non-hydrogen) atoms. The maximum atomic E-state index is 12.8. The van der Waals surface area contributed by atoms with Crippen molar-refractivity contribution in [3.63, 3.8) is 0 Å². The number of halogens is 2. The van der Waals surface area contributed by atoms with Gasteiger partial charge in [-0.05, 0) is 36.4 Å². The lowest BCUT2D eigenvalue weighted by Gasteiger charge is -2.14. The molecule has 0 amide bonds. The first-order valence-electron chi connectivity index (χ1n) is 6.04. The van der Waals surface area contributed by atoms with Gasteiger partial charge in [0.1, 0.15) is 5.82 Å². The molecule has 2 aromatic rings. The van der Waals surface area contributed by atoms with Crippen LogP contribution in [0.1, 0.15) is 5.56 Å². The van der Waals surface area contributed by atoms with Crippen molar-refractivity contribution in [1.29, 1.82) is 0 Å². The van der Waals surface area contributed by atoms with Crippen molar-refractivity contribution >= 4 is 21.6 Å². The third-order valence-corrected chi connectivity index (χ3v) is 3.31. The van der Waals surface area contributed by atoms with Crippen molar-refractivity contribution in [2.24, 2.45) is 0 Å².